The third-order valence-electron chi connectivity index (χ3n) is 5.92. The molecular weight excluding hydrogens is 372 g/mol. The van der Waals surface area contributed by atoms with Crippen molar-refractivity contribution in [2.45, 2.75) is 57.5 Å². The van der Waals surface area contributed by atoms with Gasteiger partial charge in [0.05, 0.1) is 23.6 Å². The van der Waals surface area contributed by atoms with Crippen LogP contribution in [0.2, 0.25) is 5.02 Å². The first kappa shape index (κ1) is 17.8. The molecule has 3 heterocycles. The van der Waals surface area contributed by atoms with E-state index in [1.807, 2.05) is 31.5 Å². The van der Waals surface area contributed by atoms with E-state index in [9.17, 15) is 0 Å². The highest BCUT2D eigenvalue weighted by Gasteiger charge is 2.30. The standard InChI is InChI=1S/C21H23ClN6/c1-13-9-23-11-18(25-13)14-2-4-15(5-3-14)21-27-26-20-12-24-10-16-8-17(22)6-7-19(16)28(20)21/h6-9,11,14-15,24H,2-5,10,12H2,1H3. The molecule has 0 spiro atoms. The number of hydrogen-bond donors (Lipinski definition) is 1. The van der Waals surface area contributed by atoms with Crippen LogP contribution in [0.1, 0.15) is 66.1 Å². The summed E-state index contributed by atoms with van der Waals surface area (Å²) in [6.45, 7) is 3.51. The lowest BCUT2D eigenvalue weighted by molar-refractivity contribution is 0.376. The average Bonchev–Trinajstić information content (AvgIpc) is 3.04. The van der Waals surface area contributed by atoms with E-state index in [0.717, 1.165) is 66.0 Å². The van der Waals surface area contributed by atoms with Gasteiger partial charge in [-0.05, 0) is 56.4 Å². The molecule has 1 N–H and O–H groups in total. The van der Waals surface area contributed by atoms with Gasteiger partial charge in [0.2, 0.25) is 0 Å². The van der Waals surface area contributed by atoms with Crippen LogP contribution in [0.15, 0.2) is 30.6 Å². The van der Waals surface area contributed by atoms with Crippen molar-refractivity contribution in [3.8, 4) is 5.69 Å². The Balaban J connectivity index is 1.42. The lowest BCUT2D eigenvalue weighted by atomic mass is 9.80. The van der Waals surface area contributed by atoms with E-state index < -0.39 is 0 Å². The Morgan fingerprint density at radius 3 is 2.68 bits per heavy atom. The van der Waals surface area contributed by atoms with Gasteiger partial charge in [0.15, 0.2) is 5.82 Å². The fraction of sp³-hybridized carbons (Fsp3) is 0.429. The molecule has 0 atom stereocenters. The zero-order valence-corrected chi connectivity index (χ0v) is 16.7. The molecule has 1 aliphatic carbocycles. The molecule has 28 heavy (non-hydrogen) atoms. The molecule has 0 amide bonds. The van der Waals surface area contributed by atoms with Gasteiger partial charge in [-0.2, -0.15) is 0 Å². The van der Waals surface area contributed by atoms with Gasteiger partial charge in [-0.3, -0.25) is 14.5 Å². The summed E-state index contributed by atoms with van der Waals surface area (Å²) in [5.41, 5.74) is 4.46. The summed E-state index contributed by atoms with van der Waals surface area (Å²) in [6, 6.07) is 6.08. The Morgan fingerprint density at radius 2 is 1.86 bits per heavy atom. The van der Waals surface area contributed by atoms with E-state index in [1.54, 1.807) is 0 Å². The van der Waals surface area contributed by atoms with E-state index in [0.29, 0.717) is 18.4 Å². The van der Waals surface area contributed by atoms with Crippen molar-refractivity contribution in [2.24, 2.45) is 0 Å². The van der Waals surface area contributed by atoms with Gasteiger partial charge in [-0.15, -0.1) is 10.2 Å². The van der Waals surface area contributed by atoms with Crippen molar-refractivity contribution in [3.05, 3.63) is 64.2 Å². The summed E-state index contributed by atoms with van der Waals surface area (Å²) in [7, 11) is 0. The largest absolute Gasteiger partial charge is 0.306 e. The zero-order chi connectivity index (χ0) is 19.1. The molecule has 1 aromatic carbocycles. The predicted molar refractivity (Wildman–Crippen MR) is 108 cm³/mol. The Labute approximate surface area is 169 Å². The maximum absolute atomic E-state index is 6.23. The minimum atomic E-state index is 0.414. The van der Waals surface area contributed by atoms with E-state index in [1.165, 1.54) is 5.56 Å². The molecule has 0 bridgehead atoms. The number of nitrogens with one attached hydrogen (secondary N) is 1. The van der Waals surface area contributed by atoms with Gasteiger partial charge in [0.1, 0.15) is 5.82 Å². The first-order valence-electron chi connectivity index (χ1n) is 9.91. The lowest BCUT2D eigenvalue weighted by Crippen LogP contribution is -2.17. The van der Waals surface area contributed by atoms with Crippen LogP contribution in [-0.2, 0) is 13.1 Å². The molecule has 0 radical (unpaired) electrons. The molecule has 2 aromatic heterocycles. The molecule has 2 aliphatic rings. The second-order valence-corrected chi connectivity index (χ2v) is 8.26. The average molecular weight is 395 g/mol. The second kappa shape index (κ2) is 7.26. The Kier molecular flexibility index (Phi) is 4.61. The Hall–Kier alpha value is -2.31. The van der Waals surface area contributed by atoms with Gasteiger partial charge in [-0.25, -0.2) is 0 Å². The van der Waals surface area contributed by atoms with Gasteiger partial charge in [0, 0.05) is 35.8 Å². The van der Waals surface area contributed by atoms with Crippen LogP contribution in [0.3, 0.4) is 0 Å². The molecule has 1 aliphatic heterocycles. The number of hydrogen-bond acceptors (Lipinski definition) is 5. The van der Waals surface area contributed by atoms with E-state index in [4.69, 9.17) is 11.6 Å². The van der Waals surface area contributed by atoms with E-state index in [-0.39, 0.29) is 0 Å². The molecule has 0 unspecified atom stereocenters. The van der Waals surface area contributed by atoms with Crippen LogP contribution in [0.25, 0.3) is 5.69 Å². The number of fused-ring (bicyclic) bond motifs is 3. The highest BCUT2D eigenvalue weighted by Crippen LogP contribution is 2.40. The summed E-state index contributed by atoms with van der Waals surface area (Å²) >= 11 is 6.23. The normalized spacial score (nSPS) is 21.6. The number of aromatic nitrogens is 5. The quantitative estimate of drug-likeness (QED) is 0.709. The van der Waals surface area contributed by atoms with Crippen LogP contribution in [0, 0.1) is 6.92 Å². The SMILES string of the molecule is Cc1cncc(C2CCC(c3nnc4n3-c3ccc(Cl)cc3CNC4)CC2)n1. The zero-order valence-electron chi connectivity index (χ0n) is 15.9. The van der Waals surface area contributed by atoms with Gasteiger partial charge >= 0.3 is 0 Å². The van der Waals surface area contributed by atoms with Gasteiger partial charge in [-0.1, -0.05) is 11.6 Å². The maximum atomic E-state index is 6.23. The third kappa shape index (κ3) is 3.20. The van der Waals surface area contributed by atoms with Crippen LogP contribution in [0.4, 0.5) is 0 Å². The topological polar surface area (TPSA) is 68.5 Å². The minimum absolute atomic E-state index is 0.414. The Bertz CT molecular complexity index is 1010. The monoisotopic (exact) mass is 394 g/mol. The lowest BCUT2D eigenvalue weighted by Gasteiger charge is -2.28. The van der Waals surface area contributed by atoms with Crippen molar-refractivity contribution in [3.63, 3.8) is 0 Å². The summed E-state index contributed by atoms with van der Waals surface area (Å²) in [6.07, 6.45) is 8.14. The van der Waals surface area contributed by atoms with Crippen molar-refractivity contribution in [2.75, 3.05) is 0 Å². The number of halogens is 1. The summed E-state index contributed by atoms with van der Waals surface area (Å²) in [5, 5.41) is 13.3. The molecule has 0 saturated heterocycles. The molecule has 3 aromatic rings. The first-order valence-corrected chi connectivity index (χ1v) is 10.3. The molecule has 144 valence electrons. The number of aryl methyl sites for hydroxylation is 1. The van der Waals surface area contributed by atoms with Crippen molar-refractivity contribution < 1.29 is 0 Å². The molecule has 1 saturated carbocycles. The summed E-state index contributed by atoms with van der Waals surface area (Å²) in [5.74, 6) is 2.96. The van der Waals surface area contributed by atoms with Crippen molar-refractivity contribution >= 4 is 11.6 Å². The summed E-state index contributed by atoms with van der Waals surface area (Å²) in [4.78, 5) is 9.01. The van der Waals surface area contributed by atoms with Crippen LogP contribution in [0.5, 0.6) is 0 Å². The fourth-order valence-electron chi connectivity index (χ4n) is 4.52. The molecule has 6 nitrogen and oxygen atoms in total. The number of nitrogens with zero attached hydrogens (tertiary/aromatic N) is 5. The highest BCUT2D eigenvalue weighted by molar-refractivity contribution is 6.30. The number of rotatable bonds is 2. The van der Waals surface area contributed by atoms with Crippen molar-refractivity contribution in [1.82, 2.24) is 30.0 Å². The maximum Gasteiger partial charge on any atom is 0.151 e. The van der Waals surface area contributed by atoms with Gasteiger partial charge in [0.25, 0.3) is 0 Å². The molecular formula is C21H23ClN6. The van der Waals surface area contributed by atoms with Crippen LogP contribution in [-0.4, -0.2) is 24.7 Å². The first-order chi connectivity index (χ1) is 13.7. The summed E-state index contributed by atoms with van der Waals surface area (Å²) < 4.78 is 2.25. The van der Waals surface area contributed by atoms with Crippen LogP contribution < -0.4 is 5.32 Å². The van der Waals surface area contributed by atoms with Gasteiger partial charge < -0.3 is 5.32 Å². The van der Waals surface area contributed by atoms with E-state index >= 15 is 0 Å². The minimum Gasteiger partial charge on any atom is -0.306 e. The molecule has 5 rings (SSSR count). The fourth-order valence-corrected chi connectivity index (χ4v) is 4.72. The predicted octanol–water partition coefficient (Wildman–Crippen LogP) is 4.06. The van der Waals surface area contributed by atoms with E-state index in [2.05, 4.69) is 36.1 Å². The third-order valence-corrected chi connectivity index (χ3v) is 6.16. The second-order valence-electron chi connectivity index (χ2n) is 7.82. The Morgan fingerprint density at radius 1 is 1.04 bits per heavy atom. The smallest absolute Gasteiger partial charge is 0.151 e. The molecule has 1 fully saturated rings. The van der Waals surface area contributed by atoms with Crippen LogP contribution >= 0.6 is 11.6 Å². The highest BCUT2D eigenvalue weighted by atomic mass is 35.5. The molecule has 7 heteroatoms. The number of benzene rings is 1. The van der Waals surface area contributed by atoms with Crippen molar-refractivity contribution in [1.29, 1.82) is 0 Å².